The lowest BCUT2D eigenvalue weighted by atomic mass is 10.2. The van der Waals surface area contributed by atoms with E-state index in [9.17, 15) is 9.59 Å². The number of benzene rings is 1. The van der Waals surface area contributed by atoms with Crippen LogP contribution in [-0.4, -0.2) is 36.7 Å². The Balaban J connectivity index is 2.61. The Morgan fingerprint density at radius 2 is 2.21 bits per heavy atom. The molecular weight excluding hydrogens is 337 g/mol. The Morgan fingerprint density at radius 1 is 1.53 bits per heavy atom. The SMILES string of the molecule is COC(CNC(=O)c1ccc(Cl)cc1Br)CC(=O)O. The molecule has 0 bridgehead atoms. The minimum atomic E-state index is -0.978. The molecule has 0 aromatic heterocycles. The maximum atomic E-state index is 11.9. The van der Waals surface area contributed by atoms with Crippen molar-refractivity contribution in [3.05, 3.63) is 33.3 Å². The zero-order chi connectivity index (χ0) is 14.4. The van der Waals surface area contributed by atoms with Crippen LogP contribution in [0, 0.1) is 0 Å². The molecule has 0 radical (unpaired) electrons. The number of methoxy groups -OCH3 is 1. The van der Waals surface area contributed by atoms with Gasteiger partial charge in [-0.05, 0) is 34.1 Å². The van der Waals surface area contributed by atoms with E-state index in [4.69, 9.17) is 21.4 Å². The van der Waals surface area contributed by atoms with Gasteiger partial charge < -0.3 is 15.2 Å². The van der Waals surface area contributed by atoms with Crippen molar-refractivity contribution in [2.45, 2.75) is 12.5 Å². The average Bonchev–Trinajstić information content (AvgIpc) is 2.33. The number of carbonyl (C=O) groups is 2. The van der Waals surface area contributed by atoms with Crippen molar-refractivity contribution in [2.75, 3.05) is 13.7 Å². The van der Waals surface area contributed by atoms with E-state index in [-0.39, 0.29) is 18.9 Å². The molecule has 0 saturated heterocycles. The molecule has 0 aliphatic heterocycles. The summed E-state index contributed by atoms with van der Waals surface area (Å²) in [7, 11) is 1.40. The topological polar surface area (TPSA) is 75.6 Å². The van der Waals surface area contributed by atoms with Crippen molar-refractivity contribution in [1.29, 1.82) is 0 Å². The molecule has 1 amide bonds. The Hall–Kier alpha value is -1.11. The fourth-order valence-corrected chi connectivity index (χ4v) is 2.27. The van der Waals surface area contributed by atoms with E-state index >= 15 is 0 Å². The molecule has 0 fully saturated rings. The second-order valence-electron chi connectivity index (χ2n) is 3.79. The monoisotopic (exact) mass is 349 g/mol. The normalized spacial score (nSPS) is 11.9. The summed E-state index contributed by atoms with van der Waals surface area (Å²) in [5.74, 6) is -1.30. The second kappa shape index (κ2) is 7.47. The number of aliphatic carboxylic acids is 1. The highest BCUT2D eigenvalue weighted by Gasteiger charge is 2.15. The van der Waals surface area contributed by atoms with Gasteiger partial charge in [-0.25, -0.2) is 0 Å². The van der Waals surface area contributed by atoms with Crippen molar-refractivity contribution in [2.24, 2.45) is 0 Å². The summed E-state index contributed by atoms with van der Waals surface area (Å²) < 4.78 is 5.54. The summed E-state index contributed by atoms with van der Waals surface area (Å²) in [6.07, 6.45) is -0.731. The molecule has 19 heavy (non-hydrogen) atoms. The van der Waals surface area contributed by atoms with Crippen LogP contribution in [0.25, 0.3) is 0 Å². The van der Waals surface area contributed by atoms with Crippen LogP contribution in [-0.2, 0) is 9.53 Å². The number of nitrogens with one attached hydrogen (secondary N) is 1. The van der Waals surface area contributed by atoms with Crippen molar-refractivity contribution in [3.8, 4) is 0 Å². The summed E-state index contributed by atoms with van der Waals surface area (Å²) in [5.41, 5.74) is 0.426. The van der Waals surface area contributed by atoms with Gasteiger partial charge in [0.2, 0.25) is 0 Å². The molecule has 2 N–H and O–H groups in total. The van der Waals surface area contributed by atoms with Crippen LogP contribution in [0.5, 0.6) is 0 Å². The zero-order valence-electron chi connectivity index (χ0n) is 10.2. The third-order valence-corrected chi connectivity index (χ3v) is 3.29. The summed E-state index contributed by atoms with van der Waals surface area (Å²) in [6.45, 7) is 0.122. The van der Waals surface area contributed by atoms with Crippen molar-refractivity contribution < 1.29 is 19.4 Å². The van der Waals surface area contributed by atoms with Crippen LogP contribution in [0.4, 0.5) is 0 Å². The first-order valence-electron chi connectivity index (χ1n) is 5.42. The van der Waals surface area contributed by atoms with Gasteiger partial charge in [0.05, 0.1) is 18.1 Å². The predicted molar refractivity (Wildman–Crippen MR) is 74.5 cm³/mol. The molecule has 0 spiro atoms. The molecule has 7 heteroatoms. The van der Waals surface area contributed by atoms with Gasteiger partial charge in [-0.1, -0.05) is 11.6 Å². The Kier molecular flexibility index (Phi) is 6.27. The van der Waals surface area contributed by atoms with E-state index in [1.807, 2.05) is 0 Å². The first-order chi connectivity index (χ1) is 8.93. The standard InChI is InChI=1S/C12H13BrClNO4/c1-19-8(5-11(16)17)6-15-12(18)9-3-2-7(14)4-10(9)13/h2-4,8H,5-6H2,1H3,(H,15,18)(H,16,17). The summed E-state index contributed by atoms with van der Waals surface area (Å²) >= 11 is 9.02. The number of rotatable bonds is 6. The molecule has 1 aromatic rings. The largest absolute Gasteiger partial charge is 0.481 e. The Labute approximate surface area is 124 Å². The van der Waals surface area contributed by atoms with Gasteiger partial charge in [0.15, 0.2) is 0 Å². The lowest BCUT2D eigenvalue weighted by molar-refractivity contribution is -0.139. The number of hydrogen-bond acceptors (Lipinski definition) is 3. The van der Waals surface area contributed by atoms with Gasteiger partial charge in [-0.3, -0.25) is 9.59 Å². The lowest BCUT2D eigenvalue weighted by Crippen LogP contribution is -2.34. The van der Waals surface area contributed by atoms with E-state index in [0.717, 1.165) is 0 Å². The van der Waals surface area contributed by atoms with E-state index in [0.29, 0.717) is 15.1 Å². The van der Waals surface area contributed by atoms with Crippen molar-refractivity contribution in [1.82, 2.24) is 5.32 Å². The highest BCUT2D eigenvalue weighted by molar-refractivity contribution is 9.10. The van der Waals surface area contributed by atoms with Gasteiger partial charge in [0.1, 0.15) is 0 Å². The molecule has 5 nitrogen and oxygen atoms in total. The summed E-state index contributed by atoms with van der Waals surface area (Å²) in [6, 6.07) is 4.80. The number of carbonyl (C=O) groups excluding carboxylic acids is 1. The highest BCUT2D eigenvalue weighted by Crippen LogP contribution is 2.21. The van der Waals surface area contributed by atoms with Gasteiger partial charge in [0, 0.05) is 23.1 Å². The van der Waals surface area contributed by atoms with E-state index in [2.05, 4.69) is 21.2 Å². The van der Waals surface area contributed by atoms with Crippen LogP contribution >= 0.6 is 27.5 Å². The minimum absolute atomic E-state index is 0.122. The van der Waals surface area contributed by atoms with Crippen molar-refractivity contribution >= 4 is 39.4 Å². The predicted octanol–water partition coefficient (Wildman–Crippen LogP) is 2.32. The number of hydrogen-bond donors (Lipinski definition) is 2. The average molecular weight is 351 g/mol. The second-order valence-corrected chi connectivity index (χ2v) is 5.08. The van der Waals surface area contributed by atoms with Crippen LogP contribution < -0.4 is 5.32 Å². The smallest absolute Gasteiger partial charge is 0.306 e. The van der Waals surface area contributed by atoms with Crippen molar-refractivity contribution in [3.63, 3.8) is 0 Å². The third kappa shape index (κ3) is 5.18. The fraction of sp³-hybridized carbons (Fsp3) is 0.333. The molecular formula is C12H13BrClNO4. The molecule has 1 unspecified atom stereocenters. The van der Waals surface area contributed by atoms with Crippen LogP contribution in [0.2, 0.25) is 5.02 Å². The number of ether oxygens (including phenoxy) is 1. The first kappa shape index (κ1) is 15.9. The van der Waals surface area contributed by atoms with Crippen LogP contribution in [0.3, 0.4) is 0 Å². The number of carboxylic acid groups (broad SMARTS) is 1. The third-order valence-electron chi connectivity index (χ3n) is 2.40. The maximum Gasteiger partial charge on any atom is 0.306 e. The summed E-state index contributed by atoms with van der Waals surface area (Å²) in [5, 5.41) is 11.8. The maximum absolute atomic E-state index is 11.9. The van der Waals surface area contributed by atoms with Gasteiger partial charge in [0.25, 0.3) is 5.91 Å². The number of halogens is 2. The molecule has 0 heterocycles. The molecule has 0 aliphatic rings. The lowest BCUT2D eigenvalue weighted by Gasteiger charge is -2.14. The highest BCUT2D eigenvalue weighted by atomic mass is 79.9. The van der Waals surface area contributed by atoms with Crippen LogP contribution in [0.1, 0.15) is 16.8 Å². The Morgan fingerprint density at radius 3 is 2.74 bits per heavy atom. The van der Waals surface area contributed by atoms with Gasteiger partial charge in [-0.2, -0.15) is 0 Å². The number of amides is 1. The van der Waals surface area contributed by atoms with Gasteiger partial charge in [-0.15, -0.1) is 0 Å². The van der Waals surface area contributed by atoms with Crippen LogP contribution in [0.15, 0.2) is 22.7 Å². The number of carboxylic acids is 1. The van der Waals surface area contributed by atoms with E-state index < -0.39 is 12.1 Å². The molecule has 1 atom stereocenters. The Bertz CT molecular complexity index is 481. The minimum Gasteiger partial charge on any atom is -0.481 e. The summed E-state index contributed by atoms with van der Waals surface area (Å²) in [4.78, 5) is 22.5. The molecule has 1 aromatic carbocycles. The molecule has 0 aliphatic carbocycles. The molecule has 0 saturated carbocycles. The molecule has 104 valence electrons. The van der Waals surface area contributed by atoms with E-state index in [1.165, 1.54) is 7.11 Å². The zero-order valence-corrected chi connectivity index (χ0v) is 12.5. The van der Waals surface area contributed by atoms with E-state index in [1.54, 1.807) is 18.2 Å². The first-order valence-corrected chi connectivity index (χ1v) is 6.59. The van der Waals surface area contributed by atoms with Gasteiger partial charge >= 0.3 is 5.97 Å². The fourth-order valence-electron chi connectivity index (χ4n) is 1.41. The molecule has 1 rings (SSSR count). The quantitative estimate of drug-likeness (QED) is 0.825.